The second-order valence-electron chi connectivity index (χ2n) is 9.52. The van der Waals surface area contributed by atoms with Crippen LogP contribution in [0.15, 0.2) is 54.6 Å². The van der Waals surface area contributed by atoms with Crippen LogP contribution in [0.2, 0.25) is 0 Å². The Morgan fingerprint density at radius 3 is 1.87 bits per heavy atom. The van der Waals surface area contributed by atoms with E-state index in [1.54, 1.807) is 12.1 Å². The van der Waals surface area contributed by atoms with Gasteiger partial charge in [-0.05, 0) is 47.9 Å². The maximum absolute atomic E-state index is 12.7. The van der Waals surface area contributed by atoms with E-state index in [0.29, 0.717) is 5.56 Å². The van der Waals surface area contributed by atoms with E-state index in [-0.39, 0.29) is 30.5 Å². The predicted molar refractivity (Wildman–Crippen MR) is 120 cm³/mol. The summed E-state index contributed by atoms with van der Waals surface area (Å²) in [5, 5.41) is 0. The van der Waals surface area contributed by atoms with Crippen LogP contribution >= 0.6 is 0 Å². The Labute approximate surface area is 180 Å². The lowest BCUT2D eigenvalue weighted by Crippen LogP contribution is -2.39. The summed E-state index contributed by atoms with van der Waals surface area (Å²) in [5.41, 5.74) is 2.04. The first-order valence-electron chi connectivity index (χ1n) is 10.5. The van der Waals surface area contributed by atoms with Crippen molar-refractivity contribution in [1.29, 1.82) is 0 Å². The maximum Gasteiger partial charge on any atom is 0.338 e. The molecule has 0 aromatic heterocycles. The molecule has 0 aliphatic carbocycles. The van der Waals surface area contributed by atoms with Crippen molar-refractivity contribution in [2.24, 2.45) is 16.7 Å². The number of esters is 2. The van der Waals surface area contributed by atoms with Crippen LogP contribution in [0.3, 0.4) is 0 Å². The Morgan fingerprint density at radius 1 is 0.800 bits per heavy atom. The first-order chi connectivity index (χ1) is 14.0. The summed E-state index contributed by atoms with van der Waals surface area (Å²) in [6, 6.07) is 17.2. The SMILES string of the molecule is CC(C)C(C)(CC(C)(C)C)C(=O)OCCOC(=O)c1ccc(-c2ccccc2)cc1. The molecular weight excluding hydrogens is 376 g/mol. The zero-order chi connectivity index (χ0) is 22.4. The molecule has 30 heavy (non-hydrogen) atoms. The van der Waals surface area contributed by atoms with E-state index < -0.39 is 11.4 Å². The summed E-state index contributed by atoms with van der Waals surface area (Å²) in [4.78, 5) is 25.0. The third-order valence-corrected chi connectivity index (χ3v) is 5.42. The molecule has 0 heterocycles. The zero-order valence-corrected chi connectivity index (χ0v) is 19.0. The highest BCUT2D eigenvalue weighted by atomic mass is 16.6. The Bertz CT molecular complexity index is 832. The summed E-state index contributed by atoms with van der Waals surface area (Å²) in [5.74, 6) is -0.516. The summed E-state index contributed by atoms with van der Waals surface area (Å²) in [6.45, 7) is 12.5. The van der Waals surface area contributed by atoms with Gasteiger partial charge in [-0.25, -0.2) is 4.79 Å². The molecule has 0 spiro atoms. The minimum absolute atomic E-state index is 0.0103. The standard InChI is InChI=1S/C26H34O4/c1-19(2)26(6,18-25(3,4)5)24(28)30-17-16-29-23(27)22-14-12-21(13-15-22)20-10-8-7-9-11-20/h7-15,19H,16-18H2,1-6H3. The highest BCUT2D eigenvalue weighted by molar-refractivity contribution is 5.90. The van der Waals surface area contributed by atoms with Gasteiger partial charge in [-0.15, -0.1) is 0 Å². The van der Waals surface area contributed by atoms with Crippen LogP contribution in [0.1, 0.15) is 58.3 Å². The summed E-state index contributed by atoms with van der Waals surface area (Å²) < 4.78 is 10.7. The molecule has 0 N–H and O–H groups in total. The number of hydrogen-bond acceptors (Lipinski definition) is 4. The van der Waals surface area contributed by atoms with Crippen molar-refractivity contribution >= 4 is 11.9 Å². The quantitative estimate of drug-likeness (QED) is 0.387. The van der Waals surface area contributed by atoms with E-state index in [4.69, 9.17) is 9.47 Å². The van der Waals surface area contributed by atoms with Crippen LogP contribution in [-0.2, 0) is 14.3 Å². The number of carbonyl (C=O) groups excluding carboxylic acids is 2. The van der Waals surface area contributed by atoms with E-state index in [1.807, 2.05) is 63.2 Å². The average molecular weight is 411 g/mol. The summed E-state index contributed by atoms with van der Waals surface area (Å²) >= 11 is 0. The number of hydrogen-bond donors (Lipinski definition) is 0. The molecule has 0 saturated carbocycles. The van der Waals surface area contributed by atoms with Crippen LogP contribution in [0.25, 0.3) is 11.1 Å². The molecule has 0 radical (unpaired) electrons. The van der Waals surface area contributed by atoms with Gasteiger partial charge in [-0.1, -0.05) is 77.1 Å². The second-order valence-corrected chi connectivity index (χ2v) is 9.52. The topological polar surface area (TPSA) is 52.6 Å². The van der Waals surface area contributed by atoms with Gasteiger partial charge in [-0.2, -0.15) is 0 Å². The van der Waals surface area contributed by atoms with Gasteiger partial charge in [0.05, 0.1) is 11.0 Å². The molecule has 1 unspecified atom stereocenters. The second kappa shape index (κ2) is 9.92. The molecule has 2 aromatic carbocycles. The summed E-state index contributed by atoms with van der Waals surface area (Å²) in [7, 11) is 0. The molecule has 1 atom stereocenters. The molecular formula is C26H34O4. The smallest absolute Gasteiger partial charge is 0.338 e. The molecule has 0 amide bonds. The van der Waals surface area contributed by atoms with E-state index in [9.17, 15) is 9.59 Å². The number of carbonyl (C=O) groups is 2. The van der Waals surface area contributed by atoms with E-state index in [1.165, 1.54) is 0 Å². The fourth-order valence-electron chi connectivity index (χ4n) is 3.56. The largest absolute Gasteiger partial charge is 0.462 e. The third kappa shape index (κ3) is 6.45. The highest BCUT2D eigenvalue weighted by Gasteiger charge is 2.41. The number of benzene rings is 2. The van der Waals surface area contributed by atoms with Gasteiger partial charge in [0, 0.05) is 0 Å². The third-order valence-electron chi connectivity index (χ3n) is 5.42. The van der Waals surface area contributed by atoms with Gasteiger partial charge < -0.3 is 9.47 Å². The predicted octanol–water partition coefficient (Wildman–Crippen LogP) is 6.15. The van der Waals surface area contributed by atoms with Crippen LogP contribution in [0, 0.1) is 16.7 Å². The van der Waals surface area contributed by atoms with Gasteiger partial charge in [0.2, 0.25) is 0 Å². The molecule has 162 valence electrons. The Kier molecular flexibility index (Phi) is 7.83. The Hall–Kier alpha value is -2.62. The van der Waals surface area contributed by atoms with Crippen molar-refractivity contribution in [1.82, 2.24) is 0 Å². The van der Waals surface area contributed by atoms with Crippen LogP contribution in [0.4, 0.5) is 0 Å². The van der Waals surface area contributed by atoms with Crippen LogP contribution < -0.4 is 0 Å². The van der Waals surface area contributed by atoms with Crippen molar-refractivity contribution < 1.29 is 19.1 Å². The fourth-order valence-corrected chi connectivity index (χ4v) is 3.56. The van der Waals surface area contributed by atoms with Crippen LogP contribution in [0.5, 0.6) is 0 Å². The van der Waals surface area contributed by atoms with Crippen molar-refractivity contribution in [3.8, 4) is 11.1 Å². The molecule has 0 aliphatic heterocycles. The molecule has 2 rings (SSSR count). The molecule has 0 saturated heterocycles. The van der Waals surface area contributed by atoms with E-state index >= 15 is 0 Å². The zero-order valence-electron chi connectivity index (χ0n) is 19.0. The van der Waals surface area contributed by atoms with E-state index in [0.717, 1.165) is 17.5 Å². The number of rotatable bonds is 8. The Balaban J connectivity index is 1.86. The highest BCUT2D eigenvalue weighted by Crippen LogP contribution is 2.40. The normalized spacial score (nSPS) is 13.6. The lowest BCUT2D eigenvalue weighted by molar-refractivity contribution is -0.161. The Morgan fingerprint density at radius 2 is 1.33 bits per heavy atom. The molecule has 0 fully saturated rings. The van der Waals surface area contributed by atoms with Gasteiger partial charge in [0.1, 0.15) is 13.2 Å². The van der Waals surface area contributed by atoms with Crippen LogP contribution in [-0.4, -0.2) is 25.2 Å². The van der Waals surface area contributed by atoms with Crippen molar-refractivity contribution in [2.75, 3.05) is 13.2 Å². The van der Waals surface area contributed by atoms with Gasteiger partial charge in [0.25, 0.3) is 0 Å². The van der Waals surface area contributed by atoms with E-state index in [2.05, 4.69) is 20.8 Å². The van der Waals surface area contributed by atoms with Gasteiger partial charge in [0.15, 0.2) is 0 Å². The molecule has 0 bridgehead atoms. The first-order valence-corrected chi connectivity index (χ1v) is 10.5. The lowest BCUT2D eigenvalue weighted by atomic mass is 9.69. The lowest BCUT2D eigenvalue weighted by Gasteiger charge is -2.36. The number of ether oxygens (including phenoxy) is 2. The average Bonchev–Trinajstić information content (AvgIpc) is 2.70. The molecule has 4 heteroatoms. The monoisotopic (exact) mass is 410 g/mol. The minimum atomic E-state index is -0.574. The van der Waals surface area contributed by atoms with Crippen molar-refractivity contribution in [3.05, 3.63) is 60.2 Å². The molecule has 2 aromatic rings. The maximum atomic E-state index is 12.7. The fraction of sp³-hybridized carbons (Fsp3) is 0.462. The summed E-state index contributed by atoms with van der Waals surface area (Å²) in [6.07, 6.45) is 0.726. The molecule has 4 nitrogen and oxygen atoms in total. The first kappa shape index (κ1) is 23.7. The van der Waals surface area contributed by atoms with Gasteiger partial charge in [-0.3, -0.25) is 4.79 Å². The van der Waals surface area contributed by atoms with Crippen molar-refractivity contribution in [3.63, 3.8) is 0 Å². The minimum Gasteiger partial charge on any atom is -0.462 e. The van der Waals surface area contributed by atoms with Gasteiger partial charge >= 0.3 is 11.9 Å². The van der Waals surface area contributed by atoms with Crippen molar-refractivity contribution in [2.45, 2.75) is 48.0 Å². The molecule has 0 aliphatic rings.